The Morgan fingerprint density at radius 3 is 2.19 bits per heavy atom. The molecule has 0 unspecified atom stereocenters. The van der Waals surface area contributed by atoms with Gasteiger partial charge in [-0.25, -0.2) is 8.42 Å². The van der Waals surface area contributed by atoms with E-state index in [0.29, 0.717) is 24.6 Å². The highest BCUT2D eigenvalue weighted by molar-refractivity contribution is 7.89. The summed E-state index contributed by atoms with van der Waals surface area (Å²) in [5, 5.41) is 0. The minimum absolute atomic E-state index is 0.163. The van der Waals surface area contributed by atoms with Crippen LogP contribution in [-0.2, 0) is 10.0 Å². The predicted octanol–water partition coefficient (Wildman–Crippen LogP) is 4.54. The molecule has 7 heteroatoms. The third-order valence-electron chi connectivity index (χ3n) is 6.39. The summed E-state index contributed by atoms with van der Waals surface area (Å²) in [6.45, 7) is 10.4. The van der Waals surface area contributed by atoms with E-state index in [4.69, 9.17) is 0 Å². The molecule has 0 aliphatic carbocycles. The zero-order valence-electron chi connectivity index (χ0n) is 19.8. The molecule has 0 atom stereocenters. The van der Waals surface area contributed by atoms with Gasteiger partial charge in [0.25, 0.3) is 5.91 Å². The van der Waals surface area contributed by atoms with Crippen LogP contribution in [0.5, 0.6) is 0 Å². The molecule has 3 rings (SSSR count). The van der Waals surface area contributed by atoms with Crippen molar-refractivity contribution in [3.8, 4) is 0 Å². The van der Waals surface area contributed by atoms with Crippen LogP contribution in [-0.4, -0.2) is 51.9 Å². The minimum Gasteiger partial charge on any atom is -0.371 e. The molecule has 1 amide bonds. The van der Waals surface area contributed by atoms with E-state index in [1.165, 1.54) is 4.31 Å². The molecule has 0 saturated carbocycles. The third-order valence-corrected chi connectivity index (χ3v) is 8.44. The zero-order chi connectivity index (χ0) is 23.5. The first kappa shape index (κ1) is 24.3. The van der Waals surface area contributed by atoms with E-state index < -0.39 is 10.0 Å². The second-order valence-electron chi connectivity index (χ2n) is 8.64. The van der Waals surface area contributed by atoms with Gasteiger partial charge in [-0.2, -0.15) is 4.31 Å². The van der Waals surface area contributed by atoms with Crippen LogP contribution in [0.4, 0.5) is 11.4 Å². The van der Waals surface area contributed by atoms with Gasteiger partial charge in [0.15, 0.2) is 0 Å². The average Bonchev–Trinajstić information content (AvgIpc) is 2.79. The second-order valence-corrected chi connectivity index (χ2v) is 10.6. The van der Waals surface area contributed by atoms with Gasteiger partial charge in [-0.05, 0) is 56.0 Å². The molecule has 1 fully saturated rings. The smallest absolute Gasteiger partial charge is 0.260 e. The molecule has 1 heterocycles. The molecule has 1 aliphatic heterocycles. The molecule has 6 nitrogen and oxygen atoms in total. The summed E-state index contributed by atoms with van der Waals surface area (Å²) in [6.07, 6.45) is 2.11. The normalized spacial score (nSPS) is 15.2. The van der Waals surface area contributed by atoms with E-state index in [2.05, 4.69) is 11.8 Å². The first-order valence-electron chi connectivity index (χ1n) is 11.4. The highest BCUT2D eigenvalue weighted by atomic mass is 32.2. The van der Waals surface area contributed by atoms with Crippen molar-refractivity contribution in [3.63, 3.8) is 0 Å². The SMILES string of the molecule is CCN(CC)S(=O)(=O)c1ccc(N2CCC(C)CC2)c(C(=O)N(C)c2ccc(C)cc2)c1. The van der Waals surface area contributed by atoms with Crippen LogP contribution < -0.4 is 9.80 Å². The Kier molecular flexibility index (Phi) is 7.62. The Morgan fingerprint density at radius 1 is 1.03 bits per heavy atom. The number of carbonyl (C=O) groups excluding carboxylic acids is 1. The maximum atomic E-state index is 13.6. The number of nitrogens with zero attached hydrogens (tertiary/aromatic N) is 3. The van der Waals surface area contributed by atoms with Gasteiger partial charge in [0, 0.05) is 44.6 Å². The maximum absolute atomic E-state index is 13.6. The van der Waals surface area contributed by atoms with Crippen molar-refractivity contribution in [2.24, 2.45) is 5.92 Å². The molecule has 0 bridgehead atoms. The largest absolute Gasteiger partial charge is 0.371 e. The summed E-state index contributed by atoms with van der Waals surface area (Å²) < 4.78 is 27.7. The number of sulfonamides is 1. The van der Waals surface area contributed by atoms with Crippen LogP contribution >= 0.6 is 0 Å². The van der Waals surface area contributed by atoms with Crippen LogP contribution in [0.15, 0.2) is 47.4 Å². The molecule has 0 radical (unpaired) electrons. The number of aryl methyl sites for hydroxylation is 1. The monoisotopic (exact) mass is 457 g/mol. The zero-order valence-corrected chi connectivity index (χ0v) is 20.7. The lowest BCUT2D eigenvalue weighted by Gasteiger charge is -2.34. The van der Waals surface area contributed by atoms with Crippen molar-refractivity contribution < 1.29 is 13.2 Å². The summed E-state index contributed by atoms with van der Waals surface area (Å²) in [4.78, 5) is 17.6. The maximum Gasteiger partial charge on any atom is 0.260 e. The van der Waals surface area contributed by atoms with Crippen LogP contribution in [0.25, 0.3) is 0 Å². The highest BCUT2D eigenvalue weighted by Crippen LogP contribution is 2.31. The summed E-state index contributed by atoms with van der Waals surface area (Å²) in [5.74, 6) is 0.446. The van der Waals surface area contributed by atoms with Crippen LogP contribution in [0.1, 0.15) is 49.5 Å². The molecule has 2 aromatic carbocycles. The van der Waals surface area contributed by atoms with E-state index in [-0.39, 0.29) is 10.8 Å². The molecule has 2 aromatic rings. The number of rotatable bonds is 7. The first-order valence-corrected chi connectivity index (χ1v) is 12.9. The summed E-state index contributed by atoms with van der Waals surface area (Å²) >= 11 is 0. The van der Waals surface area contributed by atoms with Crippen molar-refractivity contribution in [3.05, 3.63) is 53.6 Å². The fourth-order valence-corrected chi connectivity index (χ4v) is 5.64. The van der Waals surface area contributed by atoms with E-state index in [1.807, 2.05) is 51.1 Å². The number of anilines is 2. The number of carbonyl (C=O) groups is 1. The summed E-state index contributed by atoms with van der Waals surface area (Å²) in [7, 11) is -1.93. The summed E-state index contributed by atoms with van der Waals surface area (Å²) in [6, 6.07) is 12.8. The molecule has 0 spiro atoms. The van der Waals surface area contributed by atoms with Crippen molar-refractivity contribution in [1.82, 2.24) is 4.31 Å². The van der Waals surface area contributed by atoms with Gasteiger partial charge in [0.2, 0.25) is 10.0 Å². The third kappa shape index (κ3) is 4.99. The van der Waals surface area contributed by atoms with Gasteiger partial charge < -0.3 is 9.80 Å². The molecule has 174 valence electrons. The molecule has 32 heavy (non-hydrogen) atoms. The lowest BCUT2D eigenvalue weighted by atomic mass is 9.98. The number of benzene rings is 2. The number of amides is 1. The average molecular weight is 458 g/mol. The lowest BCUT2D eigenvalue weighted by molar-refractivity contribution is 0.0993. The Labute approximate surface area is 192 Å². The van der Waals surface area contributed by atoms with Gasteiger partial charge in [0.1, 0.15) is 0 Å². The summed E-state index contributed by atoms with van der Waals surface area (Å²) in [5.41, 5.74) is 3.12. The lowest BCUT2D eigenvalue weighted by Crippen LogP contribution is -2.36. The molecule has 0 aromatic heterocycles. The fraction of sp³-hybridized carbons (Fsp3) is 0.480. The number of hydrogen-bond acceptors (Lipinski definition) is 4. The molecule has 1 aliphatic rings. The topological polar surface area (TPSA) is 60.9 Å². The Hall–Kier alpha value is -2.38. The van der Waals surface area contributed by atoms with Crippen molar-refractivity contribution in [2.75, 3.05) is 43.0 Å². The molecular weight excluding hydrogens is 422 g/mol. The Balaban J connectivity index is 2.06. The van der Waals surface area contributed by atoms with Crippen molar-refractivity contribution >= 4 is 27.3 Å². The van der Waals surface area contributed by atoms with Crippen LogP contribution in [0, 0.1) is 12.8 Å². The van der Waals surface area contributed by atoms with Gasteiger partial charge in [0.05, 0.1) is 10.5 Å². The second kappa shape index (κ2) is 10.0. The van der Waals surface area contributed by atoms with Gasteiger partial charge in [-0.1, -0.05) is 38.5 Å². The van der Waals surface area contributed by atoms with Gasteiger partial charge in [-0.15, -0.1) is 0 Å². The van der Waals surface area contributed by atoms with Crippen molar-refractivity contribution in [1.29, 1.82) is 0 Å². The highest BCUT2D eigenvalue weighted by Gasteiger charge is 2.28. The van der Waals surface area contributed by atoms with E-state index in [1.54, 1.807) is 24.1 Å². The standard InChI is InChI=1S/C25H35N3O3S/c1-6-28(7-2)32(30,31)22-12-13-24(27-16-14-20(4)15-17-27)23(18-22)25(29)26(5)21-10-8-19(3)9-11-21/h8-13,18,20H,6-7,14-17H2,1-5H3. The number of piperidine rings is 1. The molecule has 1 saturated heterocycles. The van der Waals surface area contributed by atoms with Crippen LogP contribution in [0.2, 0.25) is 0 Å². The van der Waals surface area contributed by atoms with Crippen LogP contribution in [0.3, 0.4) is 0 Å². The Morgan fingerprint density at radius 2 is 1.62 bits per heavy atom. The van der Waals surface area contributed by atoms with Gasteiger partial charge in [-0.3, -0.25) is 4.79 Å². The molecular formula is C25H35N3O3S. The predicted molar refractivity (Wildman–Crippen MR) is 131 cm³/mol. The van der Waals surface area contributed by atoms with Crippen molar-refractivity contribution in [2.45, 2.75) is 45.4 Å². The number of hydrogen-bond donors (Lipinski definition) is 0. The Bertz CT molecular complexity index is 1040. The van der Waals surface area contributed by atoms with E-state index in [0.717, 1.165) is 42.9 Å². The van der Waals surface area contributed by atoms with E-state index >= 15 is 0 Å². The molecule has 0 N–H and O–H groups in total. The quantitative estimate of drug-likeness (QED) is 0.613. The minimum atomic E-state index is -3.67. The first-order chi connectivity index (χ1) is 15.2. The van der Waals surface area contributed by atoms with E-state index in [9.17, 15) is 13.2 Å². The fourth-order valence-electron chi connectivity index (χ4n) is 4.15. The van der Waals surface area contributed by atoms with Gasteiger partial charge >= 0.3 is 0 Å².